The van der Waals surface area contributed by atoms with E-state index in [1.165, 1.54) is 20.0 Å². The highest BCUT2D eigenvalue weighted by Gasteiger charge is 2.27. The first-order chi connectivity index (χ1) is 7.59. The van der Waals surface area contributed by atoms with Gasteiger partial charge in [0.2, 0.25) is 10.0 Å². The zero-order valence-electron chi connectivity index (χ0n) is 9.62. The van der Waals surface area contributed by atoms with Crippen molar-refractivity contribution in [1.29, 1.82) is 0 Å². The summed E-state index contributed by atoms with van der Waals surface area (Å²) in [6, 6.07) is 0. The predicted octanol–water partition coefficient (Wildman–Crippen LogP) is 1.36. The van der Waals surface area contributed by atoms with Gasteiger partial charge in [-0.15, -0.1) is 0 Å². The highest BCUT2D eigenvalue weighted by molar-refractivity contribution is 9.09. The third-order valence-electron chi connectivity index (χ3n) is 3.14. The molecule has 0 amide bonds. The second-order valence-electron chi connectivity index (χ2n) is 4.27. The molecule has 96 valence electrons. The lowest BCUT2D eigenvalue weighted by Gasteiger charge is -2.17. The normalized spacial score (nSPS) is 26.1. The lowest BCUT2D eigenvalue weighted by molar-refractivity contribution is 0.216. The minimum Gasteiger partial charge on any atom is -0.384 e. The topological polar surface area (TPSA) is 55.4 Å². The average molecular weight is 314 g/mol. The average Bonchev–Trinajstić information content (AvgIpc) is 2.71. The van der Waals surface area contributed by atoms with Crippen LogP contribution >= 0.6 is 15.9 Å². The molecule has 1 aliphatic carbocycles. The van der Waals surface area contributed by atoms with Crippen molar-refractivity contribution in [3.8, 4) is 0 Å². The second kappa shape index (κ2) is 6.93. The van der Waals surface area contributed by atoms with Gasteiger partial charge in [0.15, 0.2) is 0 Å². The number of halogens is 1. The van der Waals surface area contributed by atoms with Crippen molar-refractivity contribution >= 4 is 26.0 Å². The summed E-state index contributed by atoms with van der Waals surface area (Å²) in [6.07, 6.45) is 3.54. The molecule has 0 heterocycles. The minimum atomic E-state index is -3.15. The summed E-state index contributed by atoms with van der Waals surface area (Å²) in [6.45, 7) is 0.824. The lowest BCUT2D eigenvalue weighted by Crippen LogP contribution is -2.33. The van der Waals surface area contributed by atoms with Gasteiger partial charge >= 0.3 is 0 Å². The monoisotopic (exact) mass is 313 g/mol. The maximum atomic E-state index is 11.5. The van der Waals surface area contributed by atoms with E-state index in [0.29, 0.717) is 18.4 Å². The van der Waals surface area contributed by atoms with Gasteiger partial charge in [0.25, 0.3) is 0 Å². The molecule has 0 spiro atoms. The quantitative estimate of drug-likeness (QED) is 0.722. The largest absolute Gasteiger partial charge is 0.384 e. The Hall–Kier alpha value is 0.350. The Bertz CT molecular complexity index is 294. The van der Waals surface area contributed by atoms with Crippen LogP contribution in [0.5, 0.6) is 0 Å². The van der Waals surface area contributed by atoms with Gasteiger partial charge < -0.3 is 4.74 Å². The third kappa shape index (κ3) is 4.69. The molecule has 1 rings (SSSR count). The van der Waals surface area contributed by atoms with Crippen molar-refractivity contribution in [3.63, 3.8) is 0 Å². The number of hydrogen-bond acceptors (Lipinski definition) is 3. The first-order valence-electron chi connectivity index (χ1n) is 5.61. The second-order valence-corrected chi connectivity index (χ2v) is 6.84. The number of nitrogens with one attached hydrogen (secondary N) is 1. The van der Waals surface area contributed by atoms with Crippen molar-refractivity contribution in [3.05, 3.63) is 0 Å². The third-order valence-corrected chi connectivity index (χ3v) is 5.28. The molecule has 6 heteroatoms. The molecular weight excluding hydrogens is 294 g/mol. The van der Waals surface area contributed by atoms with E-state index in [0.717, 1.165) is 11.8 Å². The van der Waals surface area contributed by atoms with Crippen LogP contribution in [0.25, 0.3) is 0 Å². The minimum absolute atomic E-state index is 0.0508. The summed E-state index contributed by atoms with van der Waals surface area (Å²) in [7, 11) is -1.65. The Balaban J connectivity index is 2.33. The number of ether oxygens (including phenoxy) is 1. The highest BCUT2D eigenvalue weighted by atomic mass is 79.9. The van der Waals surface area contributed by atoms with Crippen LogP contribution in [-0.4, -0.2) is 39.8 Å². The van der Waals surface area contributed by atoms with Crippen LogP contribution in [0.3, 0.4) is 0 Å². The predicted molar refractivity (Wildman–Crippen MR) is 68.3 cm³/mol. The summed E-state index contributed by atoms with van der Waals surface area (Å²) < 4.78 is 30.5. The Morgan fingerprint density at radius 3 is 2.69 bits per heavy atom. The number of rotatable bonds is 7. The van der Waals surface area contributed by atoms with Crippen LogP contribution in [0.4, 0.5) is 0 Å². The van der Waals surface area contributed by atoms with Crippen molar-refractivity contribution in [2.24, 2.45) is 11.8 Å². The maximum Gasteiger partial charge on any atom is 0.213 e. The van der Waals surface area contributed by atoms with E-state index in [4.69, 9.17) is 4.74 Å². The Morgan fingerprint density at radius 2 is 2.06 bits per heavy atom. The molecule has 4 nitrogen and oxygen atoms in total. The summed E-state index contributed by atoms with van der Waals surface area (Å²) in [5, 5.41) is 0.970. The molecule has 0 bridgehead atoms. The molecule has 0 aliphatic heterocycles. The van der Waals surface area contributed by atoms with E-state index in [2.05, 4.69) is 20.7 Å². The van der Waals surface area contributed by atoms with E-state index in [-0.39, 0.29) is 12.4 Å². The van der Waals surface area contributed by atoms with Gasteiger partial charge in [0, 0.05) is 19.0 Å². The molecule has 1 N–H and O–H groups in total. The molecule has 1 saturated carbocycles. The Labute approximate surface area is 106 Å². The van der Waals surface area contributed by atoms with Gasteiger partial charge in [-0.3, -0.25) is 0 Å². The van der Waals surface area contributed by atoms with E-state index < -0.39 is 10.0 Å². The first-order valence-corrected chi connectivity index (χ1v) is 8.38. The number of alkyl halides is 1. The van der Waals surface area contributed by atoms with Crippen molar-refractivity contribution in [1.82, 2.24) is 4.72 Å². The maximum absolute atomic E-state index is 11.5. The number of methoxy groups -OCH3 is 1. The zero-order chi connectivity index (χ0) is 12.0. The molecule has 1 fully saturated rings. The van der Waals surface area contributed by atoms with Crippen LogP contribution in [0.2, 0.25) is 0 Å². The van der Waals surface area contributed by atoms with Crippen molar-refractivity contribution in [2.75, 3.05) is 31.3 Å². The summed E-state index contributed by atoms with van der Waals surface area (Å²) >= 11 is 3.48. The molecule has 0 aromatic heterocycles. The molecule has 0 saturated heterocycles. The van der Waals surface area contributed by atoms with Crippen LogP contribution in [0.15, 0.2) is 0 Å². The van der Waals surface area contributed by atoms with Gasteiger partial charge in [-0.05, 0) is 24.7 Å². The van der Waals surface area contributed by atoms with E-state index >= 15 is 0 Å². The Morgan fingerprint density at radius 1 is 1.38 bits per heavy atom. The smallest absolute Gasteiger partial charge is 0.213 e. The molecule has 0 radical (unpaired) electrons. The summed E-state index contributed by atoms with van der Waals surface area (Å²) in [4.78, 5) is 0. The molecule has 2 unspecified atom stereocenters. The van der Waals surface area contributed by atoms with Gasteiger partial charge in [-0.1, -0.05) is 22.4 Å². The van der Waals surface area contributed by atoms with Crippen LogP contribution in [-0.2, 0) is 14.8 Å². The van der Waals surface area contributed by atoms with E-state index in [1.807, 2.05) is 0 Å². The molecule has 1 aliphatic rings. The summed E-state index contributed by atoms with van der Waals surface area (Å²) in [5.74, 6) is 1.15. The number of hydrogen-bond donors (Lipinski definition) is 1. The van der Waals surface area contributed by atoms with Crippen molar-refractivity contribution < 1.29 is 13.2 Å². The van der Waals surface area contributed by atoms with Crippen LogP contribution < -0.4 is 4.72 Å². The highest BCUT2D eigenvalue weighted by Crippen LogP contribution is 2.32. The van der Waals surface area contributed by atoms with Gasteiger partial charge in [-0.2, -0.15) is 0 Å². The molecule has 16 heavy (non-hydrogen) atoms. The van der Waals surface area contributed by atoms with E-state index in [9.17, 15) is 8.42 Å². The standard InChI is InChI=1S/C10H20BrNO3S/c1-15-5-6-16(13,14)12-8-10-4-2-3-9(10)7-11/h9-10,12H,2-8H2,1H3. The van der Waals surface area contributed by atoms with Gasteiger partial charge in [-0.25, -0.2) is 13.1 Å². The van der Waals surface area contributed by atoms with Crippen LogP contribution in [0.1, 0.15) is 19.3 Å². The zero-order valence-corrected chi connectivity index (χ0v) is 12.0. The van der Waals surface area contributed by atoms with Crippen LogP contribution in [0, 0.1) is 11.8 Å². The molecule has 0 aromatic rings. The first kappa shape index (κ1) is 14.4. The number of sulfonamides is 1. The van der Waals surface area contributed by atoms with Gasteiger partial charge in [0.05, 0.1) is 12.4 Å². The fourth-order valence-corrected chi connectivity index (χ4v) is 3.94. The fourth-order valence-electron chi connectivity index (χ4n) is 2.08. The van der Waals surface area contributed by atoms with Gasteiger partial charge in [0.1, 0.15) is 0 Å². The lowest BCUT2D eigenvalue weighted by atomic mass is 9.99. The molecule has 0 aromatic carbocycles. The molecule has 2 atom stereocenters. The van der Waals surface area contributed by atoms with E-state index in [1.54, 1.807) is 0 Å². The SMILES string of the molecule is COCCS(=O)(=O)NCC1CCCC1CBr. The molecular formula is C10H20BrNO3S. The summed E-state index contributed by atoms with van der Waals surface area (Å²) in [5.41, 5.74) is 0. The fraction of sp³-hybridized carbons (Fsp3) is 1.00. The Kier molecular flexibility index (Phi) is 6.25. The van der Waals surface area contributed by atoms with Crippen molar-refractivity contribution in [2.45, 2.75) is 19.3 Å².